The second-order valence-electron chi connectivity index (χ2n) is 5.79. The first-order chi connectivity index (χ1) is 12.7. The molecule has 6 nitrogen and oxygen atoms in total. The van der Waals surface area contributed by atoms with Crippen LogP contribution in [0.3, 0.4) is 0 Å². The number of nitrogens with one attached hydrogen (secondary N) is 2. The van der Waals surface area contributed by atoms with Crippen LogP contribution in [-0.2, 0) is 0 Å². The van der Waals surface area contributed by atoms with Crippen molar-refractivity contribution in [1.29, 1.82) is 0 Å². The van der Waals surface area contributed by atoms with Crippen molar-refractivity contribution in [2.24, 2.45) is 0 Å². The standard InChI is InChI=1S/C19H21N5OS/c1-13(12-25)21-19-23-17(14-5-4-8-20-11-14)10-18(24-19)22-15-6-3-7-16(9-15)26-2/h3-11,13,25H,12H2,1-2H3,(H2,21,22,23,24)/t13-/m1/s1. The van der Waals surface area contributed by atoms with Gasteiger partial charge >= 0.3 is 0 Å². The van der Waals surface area contributed by atoms with Gasteiger partial charge in [-0.2, -0.15) is 4.98 Å². The van der Waals surface area contributed by atoms with Crippen molar-refractivity contribution in [3.8, 4) is 11.3 Å². The Morgan fingerprint density at radius 2 is 2.04 bits per heavy atom. The van der Waals surface area contributed by atoms with E-state index in [9.17, 15) is 5.11 Å². The van der Waals surface area contributed by atoms with Gasteiger partial charge in [-0.15, -0.1) is 11.8 Å². The summed E-state index contributed by atoms with van der Waals surface area (Å²) in [7, 11) is 0. The molecule has 134 valence electrons. The monoisotopic (exact) mass is 367 g/mol. The average Bonchev–Trinajstić information content (AvgIpc) is 2.68. The average molecular weight is 367 g/mol. The van der Waals surface area contributed by atoms with E-state index >= 15 is 0 Å². The summed E-state index contributed by atoms with van der Waals surface area (Å²) >= 11 is 1.69. The Kier molecular flexibility index (Phi) is 6.04. The Hall–Kier alpha value is -2.64. The van der Waals surface area contributed by atoms with Crippen molar-refractivity contribution in [3.05, 3.63) is 54.9 Å². The molecule has 0 bridgehead atoms. The molecular weight excluding hydrogens is 346 g/mol. The van der Waals surface area contributed by atoms with E-state index in [-0.39, 0.29) is 12.6 Å². The Labute approximate surface area is 157 Å². The summed E-state index contributed by atoms with van der Waals surface area (Å²) in [6.45, 7) is 1.87. The molecule has 0 radical (unpaired) electrons. The third kappa shape index (κ3) is 4.71. The molecule has 0 amide bonds. The van der Waals surface area contributed by atoms with Crippen LogP contribution in [0.1, 0.15) is 6.92 Å². The molecule has 26 heavy (non-hydrogen) atoms. The third-order valence-electron chi connectivity index (χ3n) is 3.67. The van der Waals surface area contributed by atoms with Gasteiger partial charge < -0.3 is 15.7 Å². The molecule has 0 aliphatic heterocycles. The number of aliphatic hydroxyl groups is 1. The molecule has 7 heteroatoms. The predicted octanol–water partition coefficient (Wildman–Crippen LogP) is 3.80. The Morgan fingerprint density at radius 3 is 2.77 bits per heavy atom. The number of nitrogens with zero attached hydrogens (tertiary/aromatic N) is 3. The highest BCUT2D eigenvalue weighted by atomic mass is 32.2. The van der Waals surface area contributed by atoms with Crippen LogP contribution >= 0.6 is 11.8 Å². The first-order valence-electron chi connectivity index (χ1n) is 8.26. The maximum absolute atomic E-state index is 9.30. The molecule has 2 aromatic heterocycles. The Bertz CT molecular complexity index is 860. The zero-order valence-corrected chi connectivity index (χ0v) is 15.5. The van der Waals surface area contributed by atoms with E-state index in [4.69, 9.17) is 0 Å². The highest BCUT2D eigenvalue weighted by Gasteiger charge is 2.10. The number of hydrogen-bond acceptors (Lipinski definition) is 7. The maximum Gasteiger partial charge on any atom is 0.225 e. The SMILES string of the molecule is CSc1cccc(Nc2cc(-c3cccnc3)nc(N[C@H](C)CO)n2)c1. The van der Waals surface area contributed by atoms with Gasteiger partial charge in [0.05, 0.1) is 12.3 Å². The Balaban J connectivity index is 1.96. The first-order valence-corrected chi connectivity index (χ1v) is 9.48. The smallest absolute Gasteiger partial charge is 0.225 e. The zero-order chi connectivity index (χ0) is 18.4. The van der Waals surface area contributed by atoms with Gasteiger partial charge in [-0.25, -0.2) is 4.98 Å². The molecule has 0 aliphatic carbocycles. The van der Waals surface area contributed by atoms with Crippen molar-refractivity contribution < 1.29 is 5.11 Å². The van der Waals surface area contributed by atoms with E-state index in [2.05, 4.69) is 37.7 Å². The second-order valence-corrected chi connectivity index (χ2v) is 6.67. The van der Waals surface area contributed by atoms with Crippen LogP contribution in [0.25, 0.3) is 11.3 Å². The van der Waals surface area contributed by atoms with Crippen LogP contribution in [-0.4, -0.2) is 39.0 Å². The van der Waals surface area contributed by atoms with Gasteiger partial charge in [0, 0.05) is 40.6 Å². The summed E-state index contributed by atoms with van der Waals surface area (Å²) in [6, 6.07) is 13.7. The van der Waals surface area contributed by atoms with Gasteiger partial charge in [0.1, 0.15) is 5.82 Å². The van der Waals surface area contributed by atoms with Crippen molar-refractivity contribution in [2.75, 3.05) is 23.5 Å². The van der Waals surface area contributed by atoms with Crippen molar-refractivity contribution in [1.82, 2.24) is 15.0 Å². The maximum atomic E-state index is 9.30. The number of benzene rings is 1. The molecular formula is C19H21N5OS. The number of hydrogen-bond donors (Lipinski definition) is 3. The summed E-state index contributed by atoms with van der Waals surface area (Å²) in [6.07, 6.45) is 5.53. The lowest BCUT2D eigenvalue weighted by Gasteiger charge is -2.14. The molecule has 0 saturated heterocycles. The number of thioether (sulfide) groups is 1. The lowest BCUT2D eigenvalue weighted by molar-refractivity contribution is 0.281. The molecule has 0 aliphatic rings. The van der Waals surface area contributed by atoms with Crippen LogP contribution in [0.15, 0.2) is 59.8 Å². The number of anilines is 3. The number of rotatable bonds is 7. The molecule has 1 aromatic carbocycles. The summed E-state index contributed by atoms with van der Waals surface area (Å²) in [5.41, 5.74) is 2.61. The first kappa shape index (κ1) is 18.2. The van der Waals surface area contributed by atoms with Crippen LogP contribution in [0.2, 0.25) is 0 Å². The van der Waals surface area contributed by atoms with E-state index in [1.807, 2.05) is 43.5 Å². The molecule has 3 rings (SSSR count). The van der Waals surface area contributed by atoms with E-state index in [1.54, 1.807) is 24.2 Å². The molecule has 2 heterocycles. The topological polar surface area (TPSA) is 83.0 Å². The molecule has 0 unspecified atom stereocenters. The highest BCUT2D eigenvalue weighted by molar-refractivity contribution is 7.98. The van der Waals surface area contributed by atoms with Crippen molar-refractivity contribution in [2.45, 2.75) is 17.9 Å². The van der Waals surface area contributed by atoms with E-state index in [0.717, 1.165) is 16.9 Å². The van der Waals surface area contributed by atoms with Crippen molar-refractivity contribution >= 4 is 29.2 Å². The minimum Gasteiger partial charge on any atom is -0.394 e. The van der Waals surface area contributed by atoms with Crippen LogP contribution in [0.5, 0.6) is 0 Å². The van der Waals surface area contributed by atoms with Gasteiger partial charge in [0.15, 0.2) is 0 Å². The highest BCUT2D eigenvalue weighted by Crippen LogP contribution is 2.25. The van der Waals surface area contributed by atoms with Crippen LogP contribution < -0.4 is 10.6 Å². The zero-order valence-electron chi connectivity index (χ0n) is 14.7. The molecule has 0 fully saturated rings. The molecule has 1 atom stereocenters. The minimum absolute atomic E-state index is 0.000982. The van der Waals surface area contributed by atoms with Crippen LogP contribution in [0, 0.1) is 0 Å². The van der Waals surface area contributed by atoms with Gasteiger partial charge in [0.2, 0.25) is 5.95 Å². The number of aliphatic hydroxyl groups excluding tert-OH is 1. The largest absolute Gasteiger partial charge is 0.394 e. The summed E-state index contributed by atoms with van der Waals surface area (Å²) in [4.78, 5) is 14.4. The quantitative estimate of drug-likeness (QED) is 0.548. The molecule has 0 spiro atoms. The predicted molar refractivity (Wildman–Crippen MR) is 107 cm³/mol. The number of aromatic nitrogens is 3. The van der Waals surface area contributed by atoms with Crippen molar-refractivity contribution in [3.63, 3.8) is 0 Å². The minimum atomic E-state index is -0.146. The Morgan fingerprint density at radius 1 is 1.15 bits per heavy atom. The third-order valence-corrected chi connectivity index (χ3v) is 4.40. The lowest BCUT2D eigenvalue weighted by Crippen LogP contribution is -2.21. The summed E-state index contributed by atoms with van der Waals surface area (Å²) in [5.74, 6) is 1.13. The molecule has 3 aromatic rings. The van der Waals surface area contributed by atoms with Gasteiger partial charge in [-0.05, 0) is 43.5 Å². The van der Waals surface area contributed by atoms with E-state index < -0.39 is 0 Å². The summed E-state index contributed by atoms with van der Waals surface area (Å²) < 4.78 is 0. The second kappa shape index (κ2) is 8.64. The number of pyridine rings is 1. The van der Waals surface area contributed by atoms with Gasteiger partial charge in [-0.1, -0.05) is 6.07 Å². The lowest BCUT2D eigenvalue weighted by atomic mass is 10.2. The fourth-order valence-corrected chi connectivity index (χ4v) is 2.81. The molecule has 0 saturated carbocycles. The van der Waals surface area contributed by atoms with Gasteiger partial charge in [0.25, 0.3) is 0 Å². The molecule has 3 N–H and O–H groups in total. The fourth-order valence-electron chi connectivity index (χ4n) is 2.35. The van der Waals surface area contributed by atoms with Gasteiger partial charge in [-0.3, -0.25) is 4.98 Å². The van der Waals surface area contributed by atoms with Crippen LogP contribution in [0.4, 0.5) is 17.5 Å². The normalized spacial score (nSPS) is 11.8. The fraction of sp³-hybridized carbons (Fsp3) is 0.211. The van der Waals surface area contributed by atoms with E-state index in [0.29, 0.717) is 11.8 Å². The van der Waals surface area contributed by atoms with E-state index in [1.165, 1.54) is 4.90 Å². The summed E-state index contributed by atoms with van der Waals surface area (Å²) in [5, 5.41) is 15.7.